The number of hydrogen-bond donors (Lipinski definition) is 2. The molecule has 122 valence electrons. The molecule has 2 rings (SSSR count). The summed E-state index contributed by atoms with van der Waals surface area (Å²) >= 11 is 0. The Labute approximate surface area is 135 Å². The van der Waals surface area contributed by atoms with Crippen LogP contribution in [-0.2, 0) is 0 Å². The largest absolute Gasteiger partial charge is 0.371 e. The first-order valence-electron chi connectivity index (χ1n) is 8.57. The van der Waals surface area contributed by atoms with Crippen LogP contribution in [0.25, 0.3) is 0 Å². The lowest BCUT2D eigenvalue weighted by molar-refractivity contribution is 0.587. The molecule has 2 atom stereocenters. The van der Waals surface area contributed by atoms with E-state index in [0.29, 0.717) is 12.0 Å². The minimum absolute atomic E-state index is 0.460. The number of para-hydroxylation sites is 1. The predicted octanol–water partition coefficient (Wildman–Crippen LogP) is 2.87. The highest BCUT2D eigenvalue weighted by atomic mass is 15.2. The van der Waals surface area contributed by atoms with Gasteiger partial charge in [-0.25, -0.2) is 0 Å². The van der Waals surface area contributed by atoms with E-state index >= 15 is 0 Å². The van der Waals surface area contributed by atoms with Crippen LogP contribution in [0.2, 0.25) is 0 Å². The Balaban J connectivity index is 1.86. The van der Waals surface area contributed by atoms with Gasteiger partial charge in [0.05, 0.1) is 0 Å². The van der Waals surface area contributed by atoms with Crippen LogP contribution in [0.4, 0.5) is 5.69 Å². The molecule has 0 bridgehead atoms. The van der Waals surface area contributed by atoms with E-state index in [9.17, 15) is 0 Å². The van der Waals surface area contributed by atoms with E-state index in [1.807, 2.05) is 0 Å². The molecule has 1 aliphatic rings. The molecule has 0 spiro atoms. The monoisotopic (exact) mass is 302 g/mol. The molecule has 4 heteroatoms. The Morgan fingerprint density at radius 1 is 1.32 bits per heavy atom. The molecule has 1 aromatic carbocycles. The van der Waals surface area contributed by atoms with Gasteiger partial charge in [0.15, 0.2) is 5.96 Å². The first-order chi connectivity index (χ1) is 10.7. The lowest BCUT2D eigenvalue weighted by atomic mass is 10.1. The van der Waals surface area contributed by atoms with Crippen molar-refractivity contribution >= 4 is 11.6 Å². The second-order valence-electron chi connectivity index (χ2n) is 6.11. The highest BCUT2D eigenvalue weighted by molar-refractivity contribution is 5.80. The van der Waals surface area contributed by atoms with Crippen molar-refractivity contribution in [2.45, 2.75) is 39.7 Å². The zero-order valence-electron chi connectivity index (χ0n) is 14.2. The molecule has 1 fully saturated rings. The Kier molecular flexibility index (Phi) is 6.56. The Morgan fingerprint density at radius 3 is 2.77 bits per heavy atom. The fourth-order valence-electron chi connectivity index (χ4n) is 2.73. The van der Waals surface area contributed by atoms with Crippen molar-refractivity contribution in [2.75, 3.05) is 31.1 Å². The summed E-state index contributed by atoms with van der Waals surface area (Å²) in [5.41, 5.74) is 1.33. The number of rotatable bonds is 6. The maximum absolute atomic E-state index is 4.78. The number of anilines is 1. The zero-order valence-corrected chi connectivity index (χ0v) is 14.2. The van der Waals surface area contributed by atoms with E-state index in [4.69, 9.17) is 4.99 Å². The van der Waals surface area contributed by atoms with Crippen LogP contribution in [0.15, 0.2) is 35.3 Å². The summed E-state index contributed by atoms with van der Waals surface area (Å²) in [5, 5.41) is 6.80. The minimum Gasteiger partial charge on any atom is -0.371 e. The van der Waals surface area contributed by atoms with Gasteiger partial charge >= 0.3 is 0 Å². The fraction of sp³-hybridized carbons (Fsp3) is 0.611. The van der Waals surface area contributed by atoms with E-state index in [0.717, 1.165) is 38.6 Å². The predicted molar refractivity (Wildman–Crippen MR) is 95.6 cm³/mol. The maximum atomic E-state index is 4.78. The van der Waals surface area contributed by atoms with Crippen LogP contribution < -0.4 is 15.5 Å². The summed E-state index contributed by atoms with van der Waals surface area (Å²) in [4.78, 5) is 7.25. The number of nitrogens with zero attached hydrogens (tertiary/aromatic N) is 2. The van der Waals surface area contributed by atoms with Gasteiger partial charge in [-0.3, -0.25) is 4.99 Å². The summed E-state index contributed by atoms with van der Waals surface area (Å²) in [6.45, 7) is 10.5. The Bertz CT molecular complexity index is 457. The third-order valence-corrected chi connectivity index (χ3v) is 4.25. The molecule has 0 amide bonds. The Hall–Kier alpha value is -1.71. The van der Waals surface area contributed by atoms with Gasteiger partial charge in [-0.15, -0.1) is 0 Å². The number of benzene rings is 1. The molecule has 22 heavy (non-hydrogen) atoms. The van der Waals surface area contributed by atoms with Gasteiger partial charge in [-0.05, 0) is 44.7 Å². The molecule has 2 unspecified atom stereocenters. The minimum atomic E-state index is 0.460. The lowest BCUT2D eigenvalue weighted by Gasteiger charge is -2.19. The lowest BCUT2D eigenvalue weighted by Crippen LogP contribution is -2.42. The van der Waals surface area contributed by atoms with Crippen LogP contribution in [-0.4, -0.2) is 38.2 Å². The van der Waals surface area contributed by atoms with Gasteiger partial charge in [0.2, 0.25) is 0 Å². The zero-order chi connectivity index (χ0) is 15.8. The van der Waals surface area contributed by atoms with Gasteiger partial charge in [-0.2, -0.15) is 0 Å². The third-order valence-electron chi connectivity index (χ3n) is 4.25. The summed E-state index contributed by atoms with van der Waals surface area (Å²) < 4.78 is 0. The first kappa shape index (κ1) is 16.7. The smallest absolute Gasteiger partial charge is 0.191 e. The van der Waals surface area contributed by atoms with Crippen LogP contribution in [0, 0.1) is 5.92 Å². The van der Waals surface area contributed by atoms with Gasteiger partial charge in [-0.1, -0.05) is 25.1 Å². The van der Waals surface area contributed by atoms with Crippen molar-refractivity contribution in [2.24, 2.45) is 10.9 Å². The number of nitrogens with one attached hydrogen (secondary N) is 2. The molecular formula is C18H30N4. The van der Waals surface area contributed by atoms with Gasteiger partial charge in [0, 0.05) is 37.9 Å². The van der Waals surface area contributed by atoms with Gasteiger partial charge in [0.25, 0.3) is 0 Å². The first-order valence-corrected chi connectivity index (χ1v) is 8.57. The van der Waals surface area contributed by atoms with Gasteiger partial charge < -0.3 is 15.5 Å². The molecule has 0 radical (unpaired) electrons. The molecule has 1 aromatic rings. The van der Waals surface area contributed by atoms with E-state index in [-0.39, 0.29) is 0 Å². The summed E-state index contributed by atoms with van der Waals surface area (Å²) in [6.07, 6.45) is 2.33. The molecule has 1 saturated heterocycles. The molecule has 4 nitrogen and oxygen atoms in total. The highest BCUT2D eigenvalue weighted by Crippen LogP contribution is 2.23. The quantitative estimate of drug-likeness (QED) is 0.627. The molecule has 0 saturated carbocycles. The van der Waals surface area contributed by atoms with E-state index in [1.54, 1.807) is 0 Å². The van der Waals surface area contributed by atoms with E-state index < -0.39 is 0 Å². The number of hydrogen-bond acceptors (Lipinski definition) is 2. The molecule has 1 heterocycles. The SMILES string of the molecule is CCNC(=NCC1CCN(c2ccccc2)C1)NC(C)CC. The number of guanidine groups is 1. The van der Waals surface area contributed by atoms with Crippen molar-refractivity contribution in [3.05, 3.63) is 30.3 Å². The molecule has 2 N–H and O–H groups in total. The van der Waals surface area contributed by atoms with E-state index in [2.05, 4.69) is 66.6 Å². The van der Waals surface area contributed by atoms with Crippen molar-refractivity contribution < 1.29 is 0 Å². The summed E-state index contributed by atoms with van der Waals surface area (Å²) in [6, 6.07) is 11.1. The summed E-state index contributed by atoms with van der Waals surface area (Å²) in [7, 11) is 0. The van der Waals surface area contributed by atoms with Crippen LogP contribution in [0.5, 0.6) is 0 Å². The second-order valence-corrected chi connectivity index (χ2v) is 6.11. The van der Waals surface area contributed by atoms with Crippen molar-refractivity contribution in [3.8, 4) is 0 Å². The summed E-state index contributed by atoms with van der Waals surface area (Å²) in [5.74, 6) is 1.60. The normalized spacial score (nSPS) is 20.0. The van der Waals surface area contributed by atoms with Crippen molar-refractivity contribution in [3.63, 3.8) is 0 Å². The topological polar surface area (TPSA) is 39.7 Å². The standard InChI is InChI=1S/C18H30N4/c1-4-15(3)21-18(19-5-2)20-13-16-11-12-22(14-16)17-9-7-6-8-10-17/h6-10,15-16H,4-5,11-14H2,1-3H3,(H2,19,20,21). The average molecular weight is 302 g/mol. The second kappa shape index (κ2) is 8.66. The third kappa shape index (κ3) is 4.93. The molecule has 1 aliphatic heterocycles. The maximum Gasteiger partial charge on any atom is 0.191 e. The van der Waals surface area contributed by atoms with Crippen molar-refractivity contribution in [1.29, 1.82) is 0 Å². The highest BCUT2D eigenvalue weighted by Gasteiger charge is 2.22. The fourth-order valence-corrected chi connectivity index (χ4v) is 2.73. The molecular weight excluding hydrogens is 272 g/mol. The molecule has 0 aromatic heterocycles. The average Bonchev–Trinajstić information content (AvgIpc) is 3.02. The Morgan fingerprint density at radius 2 is 2.09 bits per heavy atom. The van der Waals surface area contributed by atoms with Crippen molar-refractivity contribution in [1.82, 2.24) is 10.6 Å². The van der Waals surface area contributed by atoms with Gasteiger partial charge in [0.1, 0.15) is 0 Å². The van der Waals surface area contributed by atoms with Crippen LogP contribution in [0.3, 0.4) is 0 Å². The van der Waals surface area contributed by atoms with E-state index in [1.165, 1.54) is 12.1 Å². The molecule has 0 aliphatic carbocycles. The van der Waals surface area contributed by atoms with Crippen LogP contribution in [0.1, 0.15) is 33.6 Å². The number of aliphatic imine (C=N–C) groups is 1. The van der Waals surface area contributed by atoms with Crippen LogP contribution >= 0.6 is 0 Å².